The van der Waals surface area contributed by atoms with Gasteiger partial charge in [-0.2, -0.15) is 17.4 Å². The Hall–Kier alpha value is -1.25. The van der Waals surface area contributed by atoms with E-state index in [4.69, 9.17) is 0 Å². The molecule has 1 aromatic rings. The molecule has 0 bridgehead atoms. The van der Waals surface area contributed by atoms with Crippen LogP contribution in [0.4, 0.5) is 5.95 Å². The van der Waals surface area contributed by atoms with Gasteiger partial charge in [-0.15, -0.1) is 0 Å². The molecule has 2 atom stereocenters. The van der Waals surface area contributed by atoms with Crippen LogP contribution in [-0.4, -0.2) is 54.9 Å². The van der Waals surface area contributed by atoms with E-state index in [1.807, 2.05) is 0 Å². The van der Waals surface area contributed by atoms with Crippen molar-refractivity contribution in [3.63, 3.8) is 0 Å². The van der Waals surface area contributed by atoms with E-state index in [0.29, 0.717) is 31.5 Å². The van der Waals surface area contributed by atoms with Crippen molar-refractivity contribution < 1.29 is 8.42 Å². The van der Waals surface area contributed by atoms with E-state index in [9.17, 15) is 8.42 Å². The van der Waals surface area contributed by atoms with Gasteiger partial charge >= 0.3 is 0 Å². The predicted molar refractivity (Wildman–Crippen MR) is 89.3 cm³/mol. The van der Waals surface area contributed by atoms with Crippen LogP contribution in [-0.2, 0) is 10.2 Å². The topological polar surface area (TPSA) is 78.4 Å². The van der Waals surface area contributed by atoms with E-state index in [2.05, 4.69) is 26.5 Å². The molecule has 0 spiro atoms. The quantitative estimate of drug-likeness (QED) is 0.886. The number of hydrogen-bond donors (Lipinski definition) is 1. The number of rotatable bonds is 4. The van der Waals surface area contributed by atoms with E-state index < -0.39 is 10.2 Å². The molecule has 0 unspecified atom stereocenters. The summed E-state index contributed by atoms with van der Waals surface area (Å²) in [5.74, 6) is 1.10. The fraction of sp³-hybridized carbons (Fsp3) is 0.733. The number of nitrogens with one attached hydrogen (secondary N) is 1. The van der Waals surface area contributed by atoms with Gasteiger partial charge in [0, 0.05) is 44.6 Å². The molecule has 128 valence electrons. The van der Waals surface area contributed by atoms with Crippen molar-refractivity contribution >= 4 is 16.2 Å². The number of hydrogen-bond acceptors (Lipinski definition) is 5. The SMILES string of the molecule is C[C@H]1CCCN(S(=O)(=O)N[C@H]2CCCN(c3ncccn3)C2)C1. The summed E-state index contributed by atoms with van der Waals surface area (Å²) >= 11 is 0. The smallest absolute Gasteiger partial charge is 0.279 e. The zero-order valence-corrected chi connectivity index (χ0v) is 14.4. The first kappa shape index (κ1) is 16.6. The third kappa shape index (κ3) is 4.19. The van der Waals surface area contributed by atoms with E-state index >= 15 is 0 Å². The lowest BCUT2D eigenvalue weighted by Crippen LogP contribution is -2.53. The molecule has 2 aliphatic rings. The minimum absolute atomic E-state index is 0.0882. The maximum Gasteiger partial charge on any atom is 0.279 e. The highest BCUT2D eigenvalue weighted by Crippen LogP contribution is 2.20. The second kappa shape index (κ2) is 7.11. The molecule has 0 aliphatic carbocycles. The first-order valence-electron chi connectivity index (χ1n) is 8.34. The molecule has 0 amide bonds. The summed E-state index contributed by atoms with van der Waals surface area (Å²) in [5, 5.41) is 0. The van der Waals surface area contributed by atoms with E-state index in [-0.39, 0.29) is 6.04 Å². The fourth-order valence-corrected chi connectivity index (χ4v) is 4.94. The molecular formula is C15H25N5O2S. The first-order valence-corrected chi connectivity index (χ1v) is 9.78. The molecule has 0 saturated carbocycles. The van der Waals surface area contributed by atoms with E-state index in [1.54, 1.807) is 22.8 Å². The Morgan fingerprint density at radius 2 is 1.87 bits per heavy atom. The van der Waals surface area contributed by atoms with Gasteiger partial charge in [0.2, 0.25) is 5.95 Å². The van der Waals surface area contributed by atoms with Gasteiger partial charge in [0.05, 0.1) is 0 Å². The Morgan fingerprint density at radius 3 is 2.61 bits per heavy atom. The van der Waals surface area contributed by atoms with Gasteiger partial charge in [-0.1, -0.05) is 6.92 Å². The second-order valence-electron chi connectivity index (χ2n) is 6.56. The maximum absolute atomic E-state index is 12.6. The lowest BCUT2D eigenvalue weighted by Gasteiger charge is -2.35. The summed E-state index contributed by atoms with van der Waals surface area (Å²) in [5.41, 5.74) is 0. The van der Waals surface area contributed by atoms with Crippen molar-refractivity contribution in [3.05, 3.63) is 18.5 Å². The van der Waals surface area contributed by atoms with Crippen molar-refractivity contribution in [2.75, 3.05) is 31.1 Å². The molecule has 2 saturated heterocycles. The van der Waals surface area contributed by atoms with Crippen LogP contribution in [0.2, 0.25) is 0 Å². The van der Waals surface area contributed by atoms with Gasteiger partial charge in [0.25, 0.3) is 10.2 Å². The fourth-order valence-electron chi connectivity index (χ4n) is 3.36. The Labute approximate surface area is 138 Å². The van der Waals surface area contributed by atoms with Gasteiger partial charge in [-0.05, 0) is 37.7 Å². The third-order valence-corrected chi connectivity index (χ3v) is 6.17. The highest BCUT2D eigenvalue weighted by atomic mass is 32.2. The molecule has 2 fully saturated rings. The van der Waals surface area contributed by atoms with Crippen molar-refractivity contribution in [1.29, 1.82) is 0 Å². The third-order valence-electron chi connectivity index (χ3n) is 4.53. The van der Waals surface area contributed by atoms with Crippen LogP contribution in [0.5, 0.6) is 0 Å². The second-order valence-corrected chi connectivity index (χ2v) is 8.26. The number of nitrogens with zero attached hydrogens (tertiary/aromatic N) is 4. The molecule has 0 aromatic carbocycles. The molecule has 23 heavy (non-hydrogen) atoms. The summed E-state index contributed by atoms with van der Waals surface area (Å²) in [6, 6.07) is 1.69. The van der Waals surface area contributed by atoms with E-state index in [1.165, 1.54) is 0 Å². The minimum Gasteiger partial charge on any atom is -0.339 e. The lowest BCUT2D eigenvalue weighted by molar-refractivity contribution is 0.275. The van der Waals surface area contributed by atoms with Crippen LogP contribution in [0.25, 0.3) is 0 Å². The average molecular weight is 339 g/mol. The Kier molecular flexibility index (Phi) is 5.13. The highest BCUT2D eigenvalue weighted by molar-refractivity contribution is 7.87. The van der Waals surface area contributed by atoms with E-state index in [0.717, 1.165) is 32.2 Å². The van der Waals surface area contributed by atoms with Gasteiger partial charge in [0.15, 0.2) is 0 Å². The first-order chi connectivity index (χ1) is 11.0. The zero-order valence-electron chi connectivity index (χ0n) is 13.6. The highest BCUT2D eigenvalue weighted by Gasteiger charge is 2.31. The predicted octanol–water partition coefficient (Wildman–Crippen LogP) is 1.01. The van der Waals surface area contributed by atoms with Crippen molar-refractivity contribution in [1.82, 2.24) is 19.0 Å². The summed E-state index contributed by atoms with van der Waals surface area (Å²) in [6.07, 6.45) is 7.26. The summed E-state index contributed by atoms with van der Waals surface area (Å²) in [7, 11) is -3.41. The largest absolute Gasteiger partial charge is 0.339 e. The van der Waals surface area contributed by atoms with Crippen molar-refractivity contribution in [2.45, 2.75) is 38.6 Å². The molecule has 3 heterocycles. The van der Waals surface area contributed by atoms with Crippen LogP contribution in [0.1, 0.15) is 32.6 Å². The van der Waals surface area contributed by atoms with Crippen LogP contribution in [0.15, 0.2) is 18.5 Å². The molecular weight excluding hydrogens is 314 g/mol. The van der Waals surface area contributed by atoms with Gasteiger partial charge < -0.3 is 4.90 Å². The van der Waals surface area contributed by atoms with Crippen LogP contribution in [0.3, 0.4) is 0 Å². The van der Waals surface area contributed by atoms with Gasteiger partial charge in [-0.3, -0.25) is 0 Å². The molecule has 7 nitrogen and oxygen atoms in total. The molecule has 2 aliphatic heterocycles. The maximum atomic E-state index is 12.6. The van der Waals surface area contributed by atoms with Gasteiger partial charge in [-0.25, -0.2) is 9.97 Å². The standard InChI is InChI=1S/C15H25N5O2S/c1-13-5-2-10-20(11-13)23(21,22)18-14-6-3-9-19(12-14)15-16-7-4-8-17-15/h4,7-8,13-14,18H,2-3,5-6,9-12H2,1H3/t13-,14-/m0/s1. The van der Waals surface area contributed by atoms with Crippen LogP contribution < -0.4 is 9.62 Å². The lowest BCUT2D eigenvalue weighted by atomic mass is 10.0. The Bertz CT molecular complexity index is 610. The molecule has 3 rings (SSSR count). The Balaban J connectivity index is 1.63. The Morgan fingerprint density at radius 1 is 1.13 bits per heavy atom. The number of piperidine rings is 2. The van der Waals surface area contributed by atoms with Gasteiger partial charge in [0.1, 0.15) is 0 Å². The van der Waals surface area contributed by atoms with Crippen LogP contribution >= 0.6 is 0 Å². The summed E-state index contributed by atoms with van der Waals surface area (Å²) in [6.45, 7) is 4.83. The van der Waals surface area contributed by atoms with Crippen LogP contribution in [0, 0.1) is 5.92 Å². The van der Waals surface area contributed by atoms with Crippen molar-refractivity contribution in [2.24, 2.45) is 5.92 Å². The monoisotopic (exact) mass is 339 g/mol. The molecule has 1 N–H and O–H groups in total. The minimum atomic E-state index is -3.41. The average Bonchev–Trinajstić information content (AvgIpc) is 2.55. The number of anilines is 1. The summed E-state index contributed by atoms with van der Waals surface area (Å²) in [4.78, 5) is 10.6. The summed E-state index contributed by atoms with van der Waals surface area (Å²) < 4.78 is 29.7. The molecule has 1 aromatic heterocycles. The zero-order chi connectivity index (χ0) is 16.3. The molecule has 8 heteroatoms. The normalized spacial score (nSPS) is 27.1. The van der Waals surface area contributed by atoms with Crippen molar-refractivity contribution in [3.8, 4) is 0 Å². The number of aromatic nitrogens is 2. The molecule has 0 radical (unpaired) electrons.